The van der Waals surface area contributed by atoms with Crippen LogP contribution in [0.3, 0.4) is 0 Å². The molecule has 1 fully saturated rings. The van der Waals surface area contributed by atoms with Crippen LogP contribution in [-0.4, -0.2) is 47.0 Å². The van der Waals surface area contributed by atoms with Gasteiger partial charge in [-0.25, -0.2) is 4.79 Å². The molecule has 1 spiro atoms. The average Bonchev–Trinajstić information content (AvgIpc) is 2.82. The molecule has 2 aliphatic heterocycles. The predicted molar refractivity (Wildman–Crippen MR) is 98.6 cm³/mol. The van der Waals surface area contributed by atoms with Crippen LogP contribution in [0, 0.1) is 0 Å². The van der Waals surface area contributed by atoms with Crippen LogP contribution >= 0.6 is 15.9 Å². The Balaban J connectivity index is 1.71. The van der Waals surface area contributed by atoms with Crippen molar-refractivity contribution in [2.75, 3.05) is 13.1 Å². The number of hydrogen-bond acceptors (Lipinski definition) is 4. The zero-order chi connectivity index (χ0) is 18.2. The number of benzene rings is 1. The number of likely N-dealkylation sites (tertiary alicyclic amines) is 1. The summed E-state index contributed by atoms with van der Waals surface area (Å²) in [5, 5.41) is 3.01. The molecule has 0 radical (unpaired) electrons. The van der Waals surface area contributed by atoms with Crippen LogP contribution in [0.15, 0.2) is 33.7 Å². The van der Waals surface area contributed by atoms with Gasteiger partial charge < -0.3 is 15.0 Å². The number of nitrogens with one attached hydrogen (secondary N) is 1. The molecule has 6 nitrogen and oxygen atoms in total. The highest BCUT2D eigenvalue weighted by molar-refractivity contribution is 9.10. The van der Waals surface area contributed by atoms with Crippen LogP contribution in [0.4, 0.5) is 4.79 Å². The van der Waals surface area contributed by atoms with Crippen molar-refractivity contribution >= 4 is 33.6 Å². The van der Waals surface area contributed by atoms with Gasteiger partial charge in [0.15, 0.2) is 0 Å². The Morgan fingerprint density at radius 3 is 2.60 bits per heavy atom. The summed E-state index contributed by atoms with van der Waals surface area (Å²) in [6.07, 6.45) is 0.841. The van der Waals surface area contributed by atoms with Gasteiger partial charge in [0, 0.05) is 36.0 Å². The first-order valence-electron chi connectivity index (χ1n) is 8.34. The summed E-state index contributed by atoms with van der Waals surface area (Å²) >= 11 is 3.42. The van der Waals surface area contributed by atoms with E-state index in [0.29, 0.717) is 31.6 Å². The molecule has 0 aromatic heterocycles. The third kappa shape index (κ3) is 4.03. The second-order valence-electron chi connectivity index (χ2n) is 7.42. The highest BCUT2D eigenvalue weighted by Crippen LogP contribution is 2.30. The van der Waals surface area contributed by atoms with Gasteiger partial charge in [0.25, 0.3) is 5.91 Å². The monoisotopic (exact) mass is 407 g/mol. The topological polar surface area (TPSA) is 71.0 Å². The summed E-state index contributed by atoms with van der Waals surface area (Å²) in [5.41, 5.74) is 0.109. The normalized spacial score (nSPS) is 19.6. The van der Waals surface area contributed by atoms with Crippen molar-refractivity contribution in [1.29, 1.82) is 0 Å². The van der Waals surface area contributed by atoms with E-state index in [1.54, 1.807) is 4.90 Å². The lowest BCUT2D eigenvalue weighted by molar-refractivity contribution is -0.115. The van der Waals surface area contributed by atoms with Crippen LogP contribution in [0.2, 0.25) is 0 Å². The number of rotatable bonds is 1. The number of piperidine rings is 1. The Labute approximate surface area is 155 Å². The number of hydrogen-bond donors (Lipinski definition) is 1. The molecule has 2 heterocycles. The van der Waals surface area contributed by atoms with E-state index in [2.05, 4.69) is 21.2 Å². The minimum Gasteiger partial charge on any atom is -0.444 e. The molecule has 0 saturated carbocycles. The van der Waals surface area contributed by atoms with Gasteiger partial charge in [0.05, 0.1) is 0 Å². The molecule has 134 valence electrons. The second-order valence-corrected chi connectivity index (χ2v) is 8.34. The number of amides is 2. The van der Waals surface area contributed by atoms with E-state index in [4.69, 9.17) is 9.73 Å². The zero-order valence-electron chi connectivity index (χ0n) is 14.6. The van der Waals surface area contributed by atoms with Gasteiger partial charge in [-0.3, -0.25) is 9.79 Å². The number of ether oxygens (including phenoxy) is 1. The Morgan fingerprint density at radius 1 is 1.32 bits per heavy atom. The number of carbonyl (C=O) groups excluding carboxylic acids is 2. The summed E-state index contributed by atoms with van der Waals surface area (Å²) in [5.74, 6) is -0.163. The van der Waals surface area contributed by atoms with Crippen molar-refractivity contribution in [3.63, 3.8) is 0 Å². The van der Waals surface area contributed by atoms with Crippen molar-refractivity contribution < 1.29 is 14.3 Å². The maximum atomic E-state index is 12.4. The Morgan fingerprint density at radius 2 is 2.00 bits per heavy atom. The lowest BCUT2D eigenvalue weighted by Crippen LogP contribution is -2.53. The molecule has 2 aliphatic rings. The maximum absolute atomic E-state index is 12.4. The third-order valence-electron chi connectivity index (χ3n) is 4.23. The van der Waals surface area contributed by atoms with E-state index in [1.165, 1.54) is 0 Å². The van der Waals surface area contributed by atoms with Crippen LogP contribution in [0.25, 0.3) is 0 Å². The van der Waals surface area contributed by atoms with E-state index in [1.807, 2.05) is 45.0 Å². The SMILES string of the molecule is CC(C)(C)OC(=O)N1CCC2(CC1)N=C(c1cccc(Br)c1)C(=O)N2. The van der Waals surface area contributed by atoms with Crippen LogP contribution in [0.5, 0.6) is 0 Å². The third-order valence-corrected chi connectivity index (χ3v) is 4.72. The van der Waals surface area contributed by atoms with Crippen LogP contribution in [0.1, 0.15) is 39.2 Å². The number of nitrogens with zero attached hydrogens (tertiary/aromatic N) is 2. The molecule has 25 heavy (non-hydrogen) atoms. The Bertz CT molecular complexity index is 731. The number of halogens is 1. The molecule has 2 amide bonds. The van der Waals surface area contributed by atoms with E-state index < -0.39 is 11.3 Å². The fourth-order valence-electron chi connectivity index (χ4n) is 3.02. The molecular formula is C18H22BrN3O3. The van der Waals surface area contributed by atoms with E-state index >= 15 is 0 Å². The van der Waals surface area contributed by atoms with Crippen molar-refractivity contribution in [3.05, 3.63) is 34.3 Å². The van der Waals surface area contributed by atoms with Gasteiger partial charge in [-0.1, -0.05) is 28.1 Å². The van der Waals surface area contributed by atoms with E-state index in [9.17, 15) is 9.59 Å². The largest absolute Gasteiger partial charge is 0.444 e. The number of aliphatic imine (C=N–C) groups is 1. The molecule has 0 unspecified atom stereocenters. The van der Waals surface area contributed by atoms with Crippen LogP contribution in [-0.2, 0) is 9.53 Å². The molecule has 1 N–H and O–H groups in total. The summed E-state index contributed by atoms with van der Waals surface area (Å²) in [6.45, 7) is 6.56. The first-order valence-corrected chi connectivity index (χ1v) is 9.13. The summed E-state index contributed by atoms with van der Waals surface area (Å²) in [6, 6.07) is 7.54. The molecule has 1 saturated heterocycles. The van der Waals surface area contributed by atoms with Crippen molar-refractivity contribution in [2.24, 2.45) is 4.99 Å². The number of carbonyl (C=O) groups is 2. The van der Waals surface area contributed by atoms with Crippen molar-refractivity contribution in [3.8, 4) is 0 Å². The van der Waals surface area contributed by atoms with Gasteiger partial charge in [0.1, 0.15) is 17.0 Å². The molecule has 3 rings (SSSR count). The maximum Gasteiger partial charge on any atom is 0.410 e. The molecule has 1 aromatic rings. The van der Waals surface area contributed by atoms with Gasteiger partial charge in [-0.2, -0.15) is 0 Å². The highest BCUT2D eigenvalue weighted by atomic mass is 79.9. The quantitative estimate of drug-likeness (QED) is 0.777. The summed E-state index contributed by atoms with van der Waals surface area (Å²) in [4.78, 5) is 31.0. The lowest BCUT2D eigenvalue weighted by Gasteiger charge is -2.37. The van der Waals surface area contributed by atoms with Gasteiger partial charge in [-0.05, 0) is 32.9 Å². The molecular weight excluding hydrogens is 386 g/mol. The predicted octanol–water partition coefficient (Wildman–Crippen LogP) is 3.10. The van der Waals surface area contributed by atoms with E-state index in [0.717, 1.165) is 10.0 Å². The van der Waals surface area contributed by atoms with Crippen molar-refractivity contribution in [1.82, 2.24) is 10.2 Å². The smallest absolute Gasteiger partial charge is 0.410 e. The molecule has 0 bridgehead atoms. The molecule has 1 aromatic carbocycles. The zero-order valence-corrected chi connectivity index (χ0v) is 16.2. The van der Waals surface area contributed by atoms with Gasteiger partial charge in [0.2, 0.25) is 0 Å². The minimum atomic E-state index is -0.618. The molecule has 0 atom stereocenters. The Hall–Kier alpha value is -1.89. The molecule has 7 heteroatoms. The van der Waals surface area contributed by atoms with Gasteiger partial charge >= 0.3 is 6.09 Å². The van der Waals surface area contributed by atoms with Crippen molar-refractivity contribution in [2.45, 2.75) is 44.9 Å². The lowest BCUT2D eigenvalue weighted by atomic mass is 9.98. The average molecular weight is 408 g/mol. The standard InChI is InChI=1S/C18H22BrN3O3/c1-17(2,3)25-16(24)22-9-7-18(8-10-22)20-14(15(23)21-18)12-5-4-6-13(19)11-12/h4-6,11H,7-10H2,1-3H3,(H,21,23). The summed E-state index contributed by atoms with van der Waals surface area (Å²) < 4.78 is 6.32. The fraction of sp³-hybridized carbons (Fsp3) is 0.500. The first-order chi connectivity index (χ1) is 11.7. The van der Waals surface area contributed by atoms with Crippen LogP contribution < -0.4 is 5.32 Å². The second kappa shape index (κ2) is 6.44. The minimum absolute atomic E-state index is 0.163. The molecule has 0 aliphatic carbocycles. The summed E-state index contributed by atoms with van der Waals surface area (Å²) in [7, 11) is 0. The first kappa shape index (κ1) is 17.9. The van der Waals surface area contributed by atoms with Gasteiger partial charge in [-0.15, -0.1) is 0 Å². The van der Waals surface area contributed by atoms with E-state index in [-0.39, 0.29) is 12.0 Å². The Kier molecular flexibility index (Phi) is 4.62. The fourth-order valence-corrected chi connectivity index (χ4v) is 3.42. The highest BCUT2D eigenvalue weighted by Gasteiger charge is 2.43.